The Morgan fingerprint density at radius 2 is 2.19 bits per heavy atom. The van der Waals surface area contributed by atoms with E-state index in [0.717, 1.165) is 6.92 Å². The maximum atomic E-state index is 11.0. The number of nitrogens with two attached hydrogens (primary N) is 1. The molecule has 0 aromatic carbocycles. The molecule has 0 radical (unpaired) electrons. The molecule has 8 nitrogen and oxygen atoms in total. The highest BCUT2D eigenvalue weighted by Gasteiger charge is 2.52. The third-order valence-electron chi connectivity index (χ3n) is 2.36. The van der Waals surface area contributed by atoms with Crippen molar-refractivity contribution < 1.29 is 31.4 Å². The summed E-state index contributed by atoms with van der Waals surface area (Å²) >= 11 is 0. The topological polar surface area (TPSA) is 145 Å². The molecule has 0 bridgehead atoms. The van der Waals surface area contributed by atoms with Crippen LogP contribution in [0.4, 0.5) is 0 Å². The van der Waals surface area contributed by atoms with Crippen LogP contribution in [0.15, 0.2) is 0 Å². The number of hydrogen-bond acceptors (Lipinski definition) is 7. The average Bonchev–Trinajstić information content (AvgIpc) is 2.30. The lowest BCUT2D eigenvalue weighted by Gasteiger charge is -2.45. The molecule has 1 aliphatic rings. The quantitative estimate of drug-likeness (QED) is 0.270. The molecule has 1 amide bonds. The number of ether oxygens (including phenoxy) is 1. The van der Waals surface area contributed by atoms with E-state index in [1.807, 2.05) is 0 Å². The SMILES string of the molecule is [2H]N(C(C)=O)C1(O)O[C@H](CO)[C@@H](O)[C@H](O)[C@H]1N. The average molecular weight is 237 g/mol. The van der Waals surface area contributed by atoms with Gasteiger partial charge in [-0.15, -0.1) is 0 Å². The molecule has 1 fully saturated rings. The summed E-state index contributed by atoms with van der Waals surface area (Å²) in [4.78, 5) is 11.0. The minimum Gasteiger partial charge on any atom is -0.394 e. The van der Waals surface area contributed by atoms with E-state index in [4.69, 9.17) is 17.0 Å². The van der Waals surface area contributed by atoms with Crippen molar-refractivity contribution in [2.24, 2.45) is 5.73 Å². The molecule has 0 aromatic rings. The van der Waals surface area contributed by atoms with Gasteiger partial charge in [0.15, 0.2) is 1.41 Å². The molecule has 8 heteroatoms. The van der Waals surface area contributed by atoms with Gasteiger partial charge < -0.3 is 36.2 Å². The molecule has 1 heterocycles. The number of carbonyl (C=O) groups excluding carboxylic acids is 1. The number of hydrogen-bond donors (Lipinski definition) is 6. The summed E-state index contributed by atoms with van der Waals surface area (Å²) in [6.45, 7) is 0.283. The van der Waals surface area contributed by atoms with E-state index in [-0.39, 0.29) is 5.31 Å². The Bertz CT molecular complexity index is 304. The molecule has 0 aliphatic carbocycles. The second-order valence-corrected chi connectivity index (χ2v) is 3.64. The Morgan fingerprint density at radius 1 is 1.62 bits per heavy atom. The van der Waals surface area contributed by atoms with Crippen molar-refractivity contribution in [1.29, 1.82) is 0 Å². The first-order valence-corrected chi connectivity index (χ1v) is 4.68. The first-order valence-electron chi connectivity index (χ1n) is 5.12. The molecule has 1 aliphatic heterocycles. The zero-order chi connectivity index (χ0) is 13.4. The van der Waals surface area contributed by atoms with Crippen molar-refractivity contribution in [3.63, 3.8) is 0 Å². The normalized spacial score (nSPS) is 45.0. The number of aliphatic hydroxyl groups is 4. The smallest absolute Gasteiger partial charge is 0.268 e. The van der Waals surface area contributed by atoms with Crippen LogP contribution < -0.4 is 11.0 Å². The maximum Gasteiger partial charge on any atom is 0.268 e. The fourth-order valence-electron chi connectivity index (χ4n) is 1.50. The van der Waals surface area contributed by atoms with Crippen molar-refractivity contribution in [2.45, 2.75) is 37.2 Å². The third kappa shape index (κ3) is 2.32. The summed E-state index contributed by atoms with van der Waals surface area (Å²) in [5, 5.41) is 37.9. The molecule has 1 saturated heterocycles. The molecule has 1 unspecified atom stereocenters. The van der Waals surface area contributed by atoms with Crippen LogP contribution in [0.3, 0.4) is 0 Å². The van der Waals surface area contributed by atoms with Gasteiger partial charge in [-0.25, -0.2) is 0 Å². The molecule has 16 heavy (non-hydrogen) atoms. The first-order chi connectivity index (χ1) is 7.75. The predicted molar refractivity (Wildman–Crippen MR) is 50.7 cm³/mol. The van der Waals surface area contributed by atoms with Crippen molar-refractivity contribution in [1.82, 2.24) is 5.31 Å². The van der Waals surface area contributed by atoms with Crippen molar-refractivity contribution in [2.75, 3.05) is 6.61 Å². The van der Waals surface area contributed by atoms with Crippen LogP contribution in [-0.4, -0.2) is 63.2 Å². The highest BCUT2D eigenvalue weighted by molar-refractivity contribution is 5.73. The lowest BCUT2D eigenvalue weighted by atomic mass is 9.95. The molecule has 0 aromatic heterocycles. The van der Waals surface area contributed by atoms with E-state index in [9.17, 15) is 20.1 Å². The van der Waals surface area contributed by atoms with Gasteiger partial charge in [-0.05, 0) is 0 Å². The molecular formula is C8H16N2O6. The summed E-state index contributed by atoms with van der Waals surface area (Å²) in [5.41, 5.74) is 5.42. The van der Waals surface area contributed by atoms with Gasteiger partial charge in [0.05, 0.1) is 6.61 Å². The van der Waals surface area contributed by atoms with Gasteiger partial charge in [0.2, 0.25) is 5.91 Å². The van der Waals surface area contributed by atoms with Crippen molar-refractivity contribution >= 4 is 5.91 Å². The van der Waals surface area contributed by atoms with E-state index < -0.39 is 42.8 Å². The van der Waals surface area contributed by atoms with Gasteiger partial charge in [-0.2, -0.15) is 0 Å². The first kappa shape index (κ1) is 11.7. The van der Waals surface area contributed by atoms with Crippen LogP contribution in [0.5, 0.6) is 0 Å². The van der Waals surface area contributed by atoms with Crippen LogP contribution >= 0.6 is 0 Å². The fraction of sp³-hybridized carbons (Fsp3) is 0.875. The molecule has 7 N–H and O–H groups in total. The Kier molecular flexibility index (Phi) is 3.38. The van der Waals surface area contributed by atoms with Crippen molar-refractivity contribution in [3.05, 3.63) is 0 Å². The second kappa shape index (κ2) is 4.62. The lowest BCUT2D eigenvalue weighted by Crippen LogP contribution is -2.73. The van der Waals surface area contributed by atoms with E-state index in [1.54, 1.807) is 0 Å². The maximum absolute atomic E-state index is 11.0. The molecule has 5 atom stereocenters. The summed E-state index contributed by atoms with van der Waals surface area (Å²) in [6.07, 6.45) is -4.50. The highest BCUT2D eigenvalue weighted by atomic mass is 16.7. The second-order valence-electron chi connectivity index (χ2n) is 3.64. The summed E-state index contributed by atoms with van der Waals surface area (Å²) < 4.78 is 12.2. The van der Waals surface area contributed by atoms with E-state index in [1.165, 1.54) is 0 Å². The number of aliphatic hydroxyl groups excluding tert-OH is 3. The highest BCUT2D eigenvalue weighted by Crippen LogP contribution is 2.24. The standard InChI is InChI=1S/C8H16N2O6/c1-3(12)10-8(15)7(9)6(14)5(13)4(2-11)16-8/h4-7,11,13-15H,2,9H2,1H3,(H,10,12)/t4-,5-,6+,7-,8?/m1/s1/i/hD. The van der Waals surface area contributed by atoms with Crippen LogP contribution in [0.25, 0.3) is 0 Å². The summed E-state index contributed by atoms with van der Waals surface area (Å²) in [7, 11) is 0. The number of carbonyl (C=O) groups is 1. The Hall–Kier alpha value is -0.770. The largest absolute Gasteiger partial charge is 0.394 e. The zero-order valence-corrected chi connectivity index (χ0v) is 8.65. The van der Waals surface area contributed by atoms with Crippen LogP contribution in [0.1, 0.15) is 6.92 Å². The fourth-order valence-corrected chi connectivity index (χ4v) is 1.50. The van der Waals surface area contributed by atoms with E-state index in [0.29, 0.717) is 0 Å². The van der Waals surface area contributed by atoms with Crippen molar-refractivity contribution in [3.8, 4) is 0 Å². The van der Waals surface area contributed by atoms with Gasteiger partial charge in [0, 0.05) is 6.92 Å². The Labute approximate surface area is 93.1 Å². The molecule has 94 valence electrons. The minimum atomic E-state index is -2.60. The van der Waals surface area contributed by atoms with Gasteiger partial charge in [-0.1, -0.05) is 0 Å². The van der Waals surface area contributed by atoms with Crippen LogP contribution in [-0.2, 0) is 9.53 Å². The monoisotopic (exact) mass is 237 g/mol. The number of rotatable bonds is 2. The minimum absolute atomic E-state index is 0.0510. The summed E-state index contributed by atoms with van der Waals surface area (Å²) in [5.74, 6) is -3.47. The zero-order valence-electron chi connectivity index (χ0n) is 9.65. The van der Waals surface area contributed by atoms with E-state index >= 15 is 0 Å². The van der Waals surface area contributed by atoms with E-state index in [2.05, 4.69) is 0 Å². The molecule has 0 spiro atoms. The molecule has 1 rings (SSSR count). The Morgan fingerprint density at radius 3 is 2.62 bits per heavy atom. The van der Waals surface area contributed by atoms with Gasteiger partial charge in [-0.3, -0.25) is 4.79 Å². The molecular weight excluding hydrogens is 220 g/mol. The number of amides is 1. The van der Waals surface area contributed by atoms with Gasteiger partial charge in [0.25, 0.3) is 5.91 Å². The van der Waals surface area contributed by atoms with Gasteiger partial charge in [0.1, 0.15) is 24.4 Å². The van der Waals surface area contributed by atoms with Crippen LogP contribution in [0.2, 0.25) is 1.41 Å². The number of nitrogens with one attached hydrogen (secondary N) is 1. The lowest BCUT2D eigenvalue weighted by molar-refractivity contribution is -0.324. The predicted octanol–water partition coefficient (Wildman–Crippen LogP) is -3.79. The third-order valence-corrected chi connectivity index (χ3v) is 2.36. The summed E-state index contributed by atoms with van der Waals surface area (Å²) in [6, 6.07) is -1.60. The molecule has 0 saturated carbocycles. The Balaban J connectivity index is 3.02. The van der Waals surface area contributed by atoms with Gasteiger partial charge >= 0.3 is 0 Å². The van der Waals surface area contributed by atoms with Crippen LogP contribution in [0, 0.1) is 0 Å².